The number of hydrogen-bond acceptors (Lipinski definition) is 5. The van der Waals surface area contributed by atoms with Crippen molar-refractivity contribution < 1.29 is 19.1 Å². The Morgan fingerprint density at radius 1 is 1.10 bits per heavy atom. The summed E-state index contributed by atoms with van der Waals surface area (Å²) in [6.45, 7) is 5.00. The van der Waals surface area contributed by atoms with Crippen molar-refractivity contribution in [2.24, 2.45) is 17.8 Å². The molecule has 0 saturated heterocycles. The first-order chi connectivity index (χ1) is 9.99. The zero-order valence-electron chi connectivity index (χ0n) is 13.5. The summed E-state index contributed by atoms with van der Waals surface area (Å²) >= 11 is 0. The van der Waals surface area contributed by atoms with Crippen molar-refractivity contribution in [3.63, 3.8) is 0 Å². The Morgan fingerprint density at radius 3 is 2.05 bits per heavy atom. The maximum atomic E-state index is 12.1. The van der Waals surface area contributed by atoms with E-state index in [9.17, 15) is 9.59 Å². The van der Waals surface area contributed by atoms with Gasteiger partial charge in [0.25, 0.3) is 0 Å². The first-order valence-corrected chi connectivity index (χ1v) is 7.65. The number of carbonyl (C=O) groups is 2. The summed E-state index contributed by atoms with van der Waals surface area (Å²) in [6, 6.07) is 0. The highest BCUT2D eigenvalue weighted by Crippen LogP contribution is 2.30. The molecule has 0 amide bonds. The minimum Gasteiger partial charge on any atom is -0.465 e. The fraction of sp³-hybridized carbons (Fsp3) is 0.750. The van der Waals surface area contributed by atoms with Gasteiger partial charge >= 0.3 is 11.9 Å². The highest BCUT2D eigenvalue weighted by atomic mass is 16.6. The van der Waals surface area contributed by atoms with E-state index in [0.717, 1.165) is 19.4 Å². The molecule has 5 nitrogen and oxygen atoms in total. The van der Waals surface area contributed by atoms with E-state index in [1.807, 2.05) is 20.2 Å². The molecule has 5 heteroatoms. The van der Waals surface area contributed by atoms with Crippen LogP contribution in [-0.2, 0) is 19.1 Å². The number of nitrogens with zero attached hydrogens (tertiary/aromatic N) is 1. The monoisotopic (exact) mass is 297 g/mol. The fourth-order valence-electron chi connectivity index (χ4n) is 2.71. The maximum absolute atomic E-state index is 12.1. The highest BCUT2D eigenvalue weighted by Gasteiger charge is 2.37. The molecule has 0 unspecified atom stereocenters. The average molecular weight is 297 g/mol. The van der Waals surface area contributed by atoms with E-state index in [1.54, 1.807) is 13.8 Å². The smallest absolute Gasteiger partial charge is 0.320 e. The van der Waals surface area contributed by atoms with Crippen LogP contribution in [0.25, 0.3) is 0 Å². The molecule has 120 valence electrons. The van der Waals surface area contributed by atoms with Crippen molar-refractivity contribution in [3.05, 3.63) is 12.2 Å². The molecule has 0 saturated carbocycles. The molecule has 1 aliphatic carbocycles. The lowest BCUT2D eigenvalue weighted by Crippen LogP contribution is -2.35. The molecule has 2 atom stereocenters. The minimum atomic E-state index is -0.832. The van der Waals surface area contributed by atoms with Gasteiger partial charge in [0.05, 0.1) is 13.2 Å². The van der Waals surface area contributed by atoms with E-state index in [-0.39, 0.29) is 19.1 Å². The Bertz CT molecular complexity index is 360. The van der Waals surface area contributed by atoms with Crippen molar-refractivity contribution in [1.82, 2.24) is 4.90 Å². The van der Waals surface area contributed by atoms with Crippen molar-refractivity contribution >= 4 is 11.9 Å². The number of hydrogen-bond donors (Lipinski definition) is 0. The second kappa shape index (κ2) is 8.82. The Hall–Kier alpha value is -1.36. The standard InChI is InChI=1S/C16H27NO4/c1-5-20-15(18)14(16(19)21-6-2)13-9-7-12(8-10-13)11-17(3)4/h7,9,12-14H,5-6,8,10-11H2,1-4H3/t12-,13+/m0/s1. The Kier molecular flexibility index (Phi) is 7.43. The van der Waals surface area contributed by atoms with Gasteiger partial charge in [-0.05, 0) is 46.7 Å². The third-order valence-electron chi connectivity index (χ3n) is 3.61. The summed E-state index contributed by atoms with van der Waals surface area (Å²) in [5.74, 6) is -1.43. The van der Waals surface area contributed by atoms with Crippen LogP contribution in [0.15, 0.2) is 12.2 Å². The lowest BCUT2D eigenvalue weighted by molar-refractivity contribution is -0.163. The van der Waals surface area contributed by atoms with Gasteiger partial charge in [-0.25, -0.2) is 0 Å². The van der Waals surface area contributed by atoms with Gasteiger partial charge < -0.3 is 14.4 Å². The van der Waals surface area contributed by atoms with Gasteiger partial charge in [0, 0.05) is 12.5 Å². The fourth-order valence-corrected chi connectivity index (χ4v) is 2.71. The number of esters is 2. The van der Waals surface area contributed by atoms with E-state index >= 15 is 0 Å². The molecule has 1 aliphatic rings. The van der Waals surface area contributed by atoms with E-state index in [4.69, 9.17) is 9.47 Å². The van der Waals surface area contributed by atoms with Crippen LogP contribution in [0.3, 0.4) is 0 Å². The molecule has 0 aromatic carbocycles. The lowest BCUT2D eigenvalue weighted by atomic mass is 9.80. The van der Waals surface area contributed by atoms with Gasteiger partial charge in [0.15, 0.2) is 5.92 Å². The van der Waals surface area contributed by atoms with Gasteiger partial charge in [-0.2, -0.15) is 0 Å². The molecule has 0 aromatic rings. The van der Waals surface area contributed by atoms with Gasteiger partial charge in [-0.15, -0.1) is 0 Å². The van der Waals surface area contributed by atoms with Gasteiger partial charge in [-0.1, -0.05) is 12.2 Å². The SMILES string of the molecule is CCOC(=O)C(C(=O)OCC)[C@@H]1C=C[C@H](CN(C)C)CC1. The normalized spacial score (nSPS) is 21.6. The Labute approximate surface area is 127 Å². The predicted octanol–water partition coefficient (Wildman–Crippen LogP) is 1.87. The summed E-state index contributed by atoms with van der Waals surface area (Å²) in [4.78, 5) is 26.2. The second-order valence-electron chi connectivity index (χ2n) is 5.63. The summed E-state index contributed by atoms with van der Waals surface area (Å²) in [5.41, 5.74) is 0. The van der Waals surface area contributed by atoms with Gasteiger partial charge in [0.1, 0.15) is 0 Å². The van der Waals surface area contributed by atoms with Crippen molar-refractivity contribution in [1.29, 1.82) is 0 Å². The second-order valence-corrected chi connectivity index (χ2v) is 5.63. The molecule has 0 aliphatic heterocycles. The molecule has 0 fully saturated rings. The van der Waals surface area contributed by atoms with Crippen molar-refractivity contribution in [3.8, 4) is 0 Å². The highest BCUT2D eigenvalue weighted by molar-refractivity contribution is 5.95. The molecule has 0 heterocycles. The van der Waals surface area contributed by atoms with Gasteiger partial charge in [-0.3, -0.25) is 9.59 Å². The van der Waals surface area contributed by atoms with Crippen LogP contribution in [-0.4, -0.2) is 50.7 Å². The number of rotatable bonds is 7. The summed E-state index contributed by atoms with van der Waals surface area (Å²) in [5, 5.41) is 0. The minimum absolute atomic E-state index is 0.124. The van der Waals surface area contributed by atoms with E-state index in [0.29, 0.717) is 5.92 Å². The summed E-state index contributed by atoms with van der Waals surface area (Å²) < 4.78 is 10.1. The summed E-state index contributed by atoms with van der Waals surface area (Å²) in [6.07, 6.45) is 5.86. The van der Waals surface area contributed by atoms with Crippen molar-refractivity contribution in [2.75, 3.05) is 33.9 Å². The maximum Gasteiger partial charge on any atom is 0.320 e. The Balaban J connectivity index is 2.76. The van der Waals surface area contributed by atoms with Crippen LogP contribution in [0.1, 0.15) is 26.7 Å². The molecular formula is C16H27NO4. The largest absolute Gasteiger partial charge is 0.465 e. The van der Waals surface area contributed by atoms with E-state index in [1.165, 1.54) is 0 Å². The third kappa shape index (κ3) is 5.50. The van der Waals surface area contributed by atoms with Gasteiger partial charge in [0.2, 0.25) is 0 Å². The Morgan fingerprint density at radius 2 is 1.67 bits per heavy atom. The van der Waals surface area contributed by atoms with Crippen LogP contribution in [0.2, 0.25) is 0 Å². The third-order valence-corrected chi connectivity index (χ3v) is 3.61. The molecule has 21 heavy (non-hydrogen) atoms. The molecule has 0 N–H and O–H groups in total. The first-order valence-electron chi connectivity index (χ1n) is 7.65. The zero-order valence-corrected chi connectivity index (χ0v) is 13.5. The molecule has 0 aromatic heterocycles. The zero-order chi connectivity index (χ0) is 15.8. The van der Waals surface area contributed by atoms with Crippen LogP contribution in [0.4, 0.5) is 0 Å². The van der Waals surface area contributed by atoms with Crippen LogP contribution in [0.5, 0.6) is 0 Å². The topological polar surface area (TPSA) is 55.8 Å². The molecular weight excluding hydrogens is 270 g/mol. The van der Waals surface area contributed by atoms with Crippen LogP contribution in [0, 0.1) is 17.8 Å². The van der Waals surface area contributed by atoms with E-state index in [2.05, 4.69) is 11.0 Å². The molecule has 0 radical (unpaired) electrons. The first kappa shape index (κ1) is 17.7. The molecule has 0 spiro atoms. The predicted molar refractivity (Wildman–Crippen MR) is 80.7 cm³/mol. The molecule has 1 rings (SSSR count). The lowest BCUT2D eigenvalue weighted by Gasteiger charge is -2.28. The number of ether oxygens (including phenoxy) is 2. The number of allylic oxidation sites excluding steroid dienone is 1. The van der Waals surface area contributed by atoms with Crippen LogP contribution >= 0.6 is 0 Å². The van der Waals surface area contributed by atoms with Crippen molar-refractivity contribution in [2.45, 2.75) is 26.7 Å². The quantitative estimate of drug-likeness (QED) is 0.408. The average Bonchev–Trinajstić information content (AvgIpc) is 2.41. The van der Waals surface area contributed by atoms with Crippen LogP contribution < -0.4 is 0 Å². The summed E-state index contributed by atoms with van der Waals surface area (Å²) in [7, 11) is 4.08. The van der Waals surface area contributed by atoms with E-state index < -0.39 is 17.9 Å². The molecule has 0 bridgehead atoms. The number of carbonyl (C=O) groups excluding carboxylic acids is 2.